The van der Waals surface area contributed by atoms with Gasteiger partial charge in [-0.1, -0.05) is 65.3 Å². The fourth-order valence-electron chi connectivity index (χ4n) is 2.03. The van der Waals surface area contributed by atoms with Gasteiger partial charge in [-0.2, -0.15) is 0 Å². The van der Waals surface area contributed by atoms with Crippen LogP contribution in [-0.2, 0) is 0 Å². The van der Waals surface area contributed by atoms with E-state index in [1.54, 1.807) is 11.8 Å². The standard InChI is InChI=1S/C15H11BrCl2N2S/c16-10-6-7-11(14(18)13(10)17)19-15-20-12(8-21-15)9-4-2-1-3-5-9/h1-7,12H,8H2,(H,19,20). The van der Waals surface area contributed by atoms with E-state index in [4.69, 9.17) is 28.2 Å². The number of hydrogen-bond donors (Lipinski definition) is 1. The molecule has 108 valence electrons. The minimum Gasteiger partial charge on any atom is -0.334 e. The first kappa shape index (κ1) is 15.2. The Morgan fingerprint density at radius 2 is 1.86 bits per heavy atom. The molecule has 0 aliphatic carbocycles. The van der Waals surface area contributed by atoms with Crippen LogP contribution in [0.3, 0.4) is 0 Å². The van der Waals surface area contributed by atoms with Crippen molar-refractivity contribution in [3.8, 4) is 0 Å². The molecule has 1 atom stereocenters. The molecule has 1 N–H and O–H groups in total. The molecule has 0 radical (unpaired) electrons. The first-order valence-electron chi connectivity index (χ1n) is 6.31. The Labute approximate surface area is 146 Å². The summed E-state index contributed by atoms with van der Waals surface area (Å²) in [5, 5.41) is 5.12. The Hall–Kier alpha value is -0.680. The highest BCUT2D eigenvalue weighted by atomic mass is 79.9. The molecule has 0 saturated carbocycles. The number of rotatable bonds is 2. The van der Waals surface area contributed by atoms with E-state index in [-0.39, 0.29) is 6.04 Å². The number of halogens is 3. The number of amidine groups is 1. The molecule has 1 heterocycles. The number of aliphatic imine (C=N–C) groups is 1. The molecule has 3 rings (SSSR count). The van der Waals surface area contributed by atoms with E-state index >= 15 is 0 Å². The highest BCUT2D eigenvalue weighted by molar-refractivity contribution is 9.10. The fraction of sp³-hybridized carbons (Fsp3) is 0.133. The lowest BCUT2D eigenvalue weighted by molar-refractivity contribution is 0.849. The molecule has 1 aliphatic heterocycles. The van der Waals surface area contributed by atoms with Gasteiger partial charge in [0.2, 0.25) is 0 Å². The summed E-state index contributed by atoms with van der Waals surface area (Å²) >= 11 is 17.4. The van der Waals surface area contributed by atoms with E-state index in [1.165, 1.54) is 5.56 Å². The number of nitrogens with zero attached hydrogens (tertiary/aromatic N) is 1. The molecule has 0 amide bonds. The second kappa shape index (κ2) is 6.61. The van der Waals surface area contributed by atoms with Crippen molar-refractivity contribution in [3.63, 3.8) is 0 Å². The van der Waals surface area contributed by atoms with Crippen LogP contribution in [0.2, 0.25) is 10.0 Å². The van der Waals surface area contributed by atoms with Gasteiger partial charge in [0.15, 0.2) is 5.17 Å². The van der Waals surface area contributed by atoms with Gasteiger partial charge >= 0.3 is 0 Å². The normalized spacial score (nSPS) is 17.7. The molecule has 2 aromatic carbocycles. The van der Waals surface area contributed by atoms with Crippen molar-refractivity contribution in [2.75, 3.05) is 11.1 Å². The van der Waals surface area contributed by atoms with Crippen LogP contribution < -0.4 is 5.32 Å². The Morgan fingerprint density at radius 3 is 2.62 bits per heavy atom. The van der Waals surface area contributed by atoms with E-state index in [0.717, 1.165) is 21.1 Å². The molecule has 0 bridgehead atoms. The smallest absolute Gasteiger partial charge is 0.161 e. The Morgan fingerprint density at radius 1 is 1.10 bits per heavy atom. The second-order valence-corrected chi connectivity index (χ2v) is 7.14. The Balaban J connectivity index is 1.79. The number of anilines is 1. The Kier molecular flexibility index (Phi) is 4.79. The molecular weight excluding hydrogens is 391 g/mol. The second-order valence-electron chi connectivity index (χ2n) is 4.52. The summed E-state index contributed by atoms with van der Waals surface area (Å²) in [6.45, 7) is 0. The zero-order chi connectivity index (χ0) is 14.8. The van der Waals surface area contributed by atoms with E-state index in [2.05, 4.69) is 33.4 Å². The van der Waals surface area contributed by atoms with Gasteiger partial charge in [0.1, 0.15) is 0 Å². The molecule has 0 saturated heterocycles. The predicted molar refractivity (Wildman–Crippen MR) is 96.9 cm³/mol. The van der Waals surface area contributed by atoms with E-state index in [0.29, 0.717) is 10.0 Å². The van der Waals surface area contributed by atoms with Crippen LogP contribution in [-0.4, -0.2) is 10.9 Å². The monoisotopic (exact) mass is 400 g/mol. The van der Waals surface area contributed by atoms with Crippen molar-refractivity contribution in [3.05, 3.63) is 62.5 Å². The first-order chi connectivity index (χ1) is 10.1. The third-order valence-corrected chi connectivity index (χ3v) is 5.85. The van der Waals surface area contributed by atoms with Gasteiger partial charge in [-0.05, 0) is 33.6 Å². The fourth-order valence-corrected chi connectivity index (χ4v) is 3.81. The van der Waals surface area contributed by atoms with Gasteiger partial charge in [0, 0.05) is 10.2 Å². The highest BCUT2D eigenvalue weighted by Crippen LogP contribution is 2.37. The molecular formula is C15H11BrCl2N2S. The predicted octanol–water partition coefficient (Wildman–Crippen LogP) is 6.01. The minimum absolute atomic E-state index is 0.184. The van der Waals surface area contributed by atoms with Crippen molar-refractivity contribution >= 4 is 61.7 Å². The minimum atomic E-state index is 0.184. The molecule has 21 heavy (non-hydrogen) atoms. The highest BCUT2D eigenvalue weighted by Gasteiger charge is 2.20. The lowest BCUT2D eigenvalue weighted by atomic mass is 10.1. The van der Waals surface area contributed by atoms with Gasteiger partial charge in [-0.25, -0.2) is 0 Å². The maximum atomic E-state index is 6.24. The third-order valence-electron chi connectivity index (χ3n) is 3.11. The van der Waals surface area contributed by atoms with Crippen molar-refractivity contribution in [2.45, 2.75) is 6.04 Å². The van der Waals surface area contributed by atoms with Crippen LogP contribution in [0.5, 0.6) is 0 Å². The summed E-state index contributed by atoms with van der Waals surface area (Å²) in [6, 6.07) is 14.2. The maximum Gasteiger partial charge on any atom is 0.161 e. The molecule has 2 aromatic rings. The quantitative estimate of drug-likeness (QED) is 0.622. The summed E-state index contributed by atoms with van der Waals surface area (Å²) in [4.78, 5) is 4.70. The average Bonchev–Trinajstić information content (AvgIpc) is 2.97. The van der Waals surface area contributed by atoms with Crippen LogP contribution in [0.15, 0.2) is 51.9 Å². The SMILES string of the molecule is Clc1c(Br)ccc(NC2=NC(c3ccccc3)CS2)c1Cl. The van der Waals surface area contributed by atoms with Crippen LogP contribution in [0.4, 0.5) is 5.69 Å². The molecule has 1 unspecified atom stereocenters. The zero-order valence-corrected chi connectivity index (χ0v) is 14.7. The molecule has 2 nitrogen and oxygen atoms in total. The van der Waals surface area contributed by atoms with Gasteiger partial charge in [-0.15, -0.1) is 0 Å². The number of thioether (sulfide) groups is 1. The lowest BCUT2D eigenvalue weighted by Crippen LogP contribution is -2.05. The largest absolute Gasteiger partial charge is 0.334 e. The number of nitrogens with one attached hydrogen (secondary N) is 1. The first-order valence-corrected chi connectivity index (χ1v) is 8.84. The summed E-state index contributed by atoms with van der Waals surface area (Å²) < 4.78 is 0.780. The molecule has 0 aromatic heterocycles. The molecule has 0 spiro atoms. The van der Waals surface area contributed by atoms with E-state index in [9.17, 15) is 0 Å². The van der Waals surface area contributed by atoms with Crippen molar-refractivity contribution < 1.29 is 0 Å². The molecule has 1 aliphatic rings. The third kappa shape index (κ3) is 3.39. The number of hydrogen-bond acceptors (Lipinski definition) is 3. The van der Waals surface area contributed by atoms with Crippen molar-refractivity contribution in [1.29, 1.82) is 0 Å². The maximum absolute atomic E-state index is 6.24. The summed E-state index contributed by atoms with van der Waals surface area (Å²) in [6.07, 6.45) is 0. The van der Waals surface area contributed by atoms with E-state index < -0.39 is 0 Å². The van der Waals surface area contributed by atoms with Gasteiger partial charge < -0.3 is 5.32 Å². The summed E-state index contributed by atoms with van der Waals surface area (Å²) in [5.74, 6) is 0.925. The van der Waals surface area contributed by atoms with Crippen LogP contribution in [0, 0.1) is 0 Å². The molecule has 0 fully saturated rings. The van der Waals surface area contributed by atoms with Crippen LogP contribution in [0.1, 0.15) is 11.6 Å². The van der Waals surface area contributed by atoms with Crippen LogP contribution >= 0.6 is 50.9 Å². The molecule has 6 heteroatoms. The summed E-state index contributed by atoms with van der Waals surface area (Å²) in [7, 11) is 0. The zero-order valence-electron chi connectivity index (χ0n) is 10.8. The summed E-state index contributed by atoms with van der Waals surface area (Å²) in [5.41, 5.74) is 1.99. The van der Waals surface area contributed by atoms with Crippen molar-refractivity contribution in [2.24, 2.45) is 4.99 Å². The topological polar surface area (TPSA) is 24.4 Å². The van der Waals surface area contributed by atoms with Crippen molar-refractivity contribution in [1.82, 2.24) is 0 Å². The van der Waals surface area contributed by atoms with Gasteiger partial charge in [-0.3, -0.25) is 4.99 Å². The average molecular weight is 402 g/mol. The van der Waals surface area contributed by atoms with Gasteiger partial charge in [0.25, 0.3) is 0 Å². The van der Waals surface area contributed by atoms with E-state index in [1.807, 2.05) is 30.3 Å². The Bertz CT molecular complexity index is 692. The number of benzene rings is 2. The van der Waals surface area contributed by atoms with Gasteiger partial charge in [0.05, 0.1) is 21.8 Å². The lowest BCUT2D eigenvalue weighted by Gasteiger charge is -2.09. The van der Waals surface area contributed by atoms with Crippen LogP contribution in [0.25, 0.3) is 0 Å².